The van der Waals surface area contributed by atoms with Gasteiger partial charge in [0.15, 0.2) is 0 Å². The maximum absolute atomic E-state index is 12.5. The molecule has 0 spiro atoms. The molecule has 0 bridgehead atoms. The number of rotatable bonds is 9. The van der Waals surface area contributed by atoms with Gasteiger partial charge in [-0.3, -0.25) is 14.4 Å². The lowest BCUT2D eigenvalue weighted by atomic mass is 10.0. The Hall–Kier alpha value is -2.16. The van der Waals surface area contributed by atoms with Crippen LogP contribution in [0.15, 0.2) is 0 Å². The predicted octanol–water partition coefficient (Wildman–Crippen LogP) is -0.308. The molecule has 3 atom stereocenters. The maximum atomic E-state index is 12.5. The van der Waals surface area contributed by atoms with Crippen LogP contribution in [0, 0.1) is 11.8 Å². The molecule has 1 heterocycles. The number of carbonyl (C=O) groups is 4. The van der Waals surface area contributed by atoms with Gasteiger partial charge in [0.05, 0.1) is 12.6 Å². The Labute approximate surface area is 160 Å². The molecule has 27 heavy (non-hydrogen) atoms. The number of likely N-dealkylation sites (tertiary alicyclic amines) is 1. The summed E-state index contributed by atoms with van der Waals surface area (Å²) in [6, 6.07) is -2.32. The van der Waals surface area contributed by atoms with Gasteiger partial charge in [-0.25, -0.2) is 4.79 Å². The van der Waals surface area contributed by atoms with Gasteiger partial charge in [0.25, 0.3) is 0 Å². The molecule has 1 aliphatic rings. The zero-order valence-corrected chi connectivity index (χ0v) is 16.5. The maximum Gasteiger partial charge on any atom is 0.326 e. The summed E-state index contributed by atoms with van der Waals surface area (Å²) in [7, 11) is 0. The molecule has 1 rings (SSSR count). The van der Waals surface area contributed by atoms with E-state index in [2.05, 4.69) is 10.6 Å². The van der Waals surface area contributed by atoms with Gasteiger partial charge in [-0.1, -0.05) is 27.7 Å². The van der Waals surface area contributed by atoms with E-state index in [9.17, 15) is 19.2 Å². The second-order valence-electron chi connectivity index (χ2n) is 7.77. The molecule has 9 nitrogen and oxygen atoms in total. The van der Waals surface area contributed by atoms with Crippen LogP contribution in [0.2, 0.25) is 0 Å². The Morgan fingerprint density at radius 3 is 2.33 bits per heavy atom. The third-order valence-corrected chi connectivity index (χ3v) is 4.55. The first-order chi connectivity index (χ1) is 12.5. The van der Waals surface area contributed by atoms with Crippen LogP contribution in [0.5, 0.6) is 0 Å². The second-order valence-corrected chi connectivity index (χ2v) is 7.77. The summed E-state index contributed by atoms with van der Waals surface area (Å²) in [6.45, 7) is 7.43. The van der Waals surface area contributed by atoms with Crippen molar-refractivity contribution in [1.29, 1.82) is 0 Å². The molecule has 9 heteroatoms. The number of carboxylic acid groups (broad SMARTS) is 1. The average Bonchev–Trinajstić information content (AvgIpc) is 3.05. The van der Waals surface area contributed by atoms with E-state index in [1.165, 1.54) is 4.90 Å². The fourth-order valence-corrected chi connectivity index (χ4v) is 3.15. The largest absolute Gasteiger partial charge is 0.480 e. The molecule has 0 aromatic heterocycles. The van der Waals surface area contributed by atoms with Crippen LogP contribution in [-0.2, 0) is 19.2 Å². The molecule has 154 valence electrons. The minimum absolute atomic E-state index is 0.253. The first-order valence-electron chi connectivity index (χ1n) is 9.40. The van der Waals surface area contributed by atoms with Gasteiger partial charge < -0.3 is 26.4 Å². The fraction of sp³-hybridized carbons (Fsp3) is 0.778. The topological polar surface area (TPSA) is 142 Å². The number of nitrogens with zero attached hydrogens (tertiary/aromatic N) is 1. The molecule has 0 aliphatic carbocycles. The molecule has 0 saturated carbocycles. The Bertz CT molecular complexity index is 564. The molecular formula is C18H32N4O5. The second kappa shape index (κ2) is 10.2. The van der Waals surface area contributed by atoms with Gasteiger partial charge in [0.1, 0.15) is 12.1 Å². The van der Waals surface area contributed by atoms with Crippen molar-refractivity contribution in [3.63, 3.8) is 0 Å². The predicted molar refractivity (Wildman–Crippen MR) is 99.6 cm³/mol. The smallest absolute Gasteiger partial charge is 0.326 e. The molecule has 0 unspecified atom stereocenters. The Balaban J connectivity index is 2.59. The summed E-state index contributed by atoms with van der Waals surface area (Å²) in [5.74, 6) is -2.41. The van der Waals surface area contributed by atoms with Crippen molar-refractivity contribution < 1.29 is 24.3 Å². The van der Waals surface area contributed by atoms with Gasteiger partial charge in [0, 0.05) is 6.54 Å². The van der Waals surface area contributed by atoms with Crippen LogP contribution in [-0.4, -0.2) is 64.9 Å². The van der Waals surface area contributed by atoms with E-state index in [0.29, 0.717) is 25.8 Å². The number of amides is 3. The first-order valence-corrected chi connectivity index (χ1v) is 9.40. The fourth-order valence-electron chi connectivity index (χ4n) is 3.15. The van der Waals surface area contributed by atoms with Crippen molar-refractivity contribution in [2.45, 2.75) is 65.1 Å². The van der Waals surface area contributed by atoms with Crippen molar-refractivity contribution in [2.75, 3.05) is 13.1 Å². The summed E-state index contributed by atoms with van der Waals surface area (Å²) < 4.78 is 0. The number of carbonyl (C=O) groups excluding carboxylic acids is 3. The summed E-state index contributed by atoms with van der Waals surface area (Å²) in [6.07, 6.45) is 1.74. The van der Waals surface area contributed by atoms with E-state index >= 15 is 0 Å². The lowest BCUT2D eigenvalue weighted by Gasteiger charge is -2.27. The summed E-state index contributed by atoms with van der Waals surface area (Å²) >= 11 is 0. The first kappa shape index (κ1) is 22.9. The standard InChI is InChI=1S/C18H32N4O5/c1-10(2)8-12(19)17(25)22-7-5-6-13(22)16(24)20-9-14(23)21-15(11(3)4)18(26)27/h10-13,15H,5-9,19H2,1-4H3,(H,20,24)(H,21,23)(H,26,27)/t12-,13+,15-/m0/s1. The van der Waals surface area contributed by atoms with Crippen molar-refractivity contribution >= 4 is 23.7 Å². The van der Waals surface area contributed by atoms with Crippen LogP contribution >= 0.6 is 0 Å². The number of nitrogens with one attached hydrogen (secondary N) is 2. The lowest BCUT2D eigenvalue weighted by molar-refractivity contribution is -0.143. The lowest BCUT2D eigenvalue weighted by Crippen LogP contribution is -2.53. The summed E-state index contributed by atoms with van der Waals surface area (Å²) in [5, 5.41) is 14.0. The highest BCUT2D eigenvalue weighted by molar-refractivity contribution is 5.93. The van der Waals surface area contributed by atoms with Gasteiger partial charge >= 0.3 is 5.97 Å². The molecule has 5 N–H and O–H groups in total. The van der Waals surface area contributed by atoms with Crippen LogP contribution in [0.1, 0.15) is 47.0 Å². The average molecular weight is 384 g/mol. The normalized spacial score (nSPS) is 19.1. The number of hydrogen-bond acceptors (Lipinski definition) is 5. The zero-order valence-electron chi connectivity index (χ0n) is 16.5. The van der Waals surface area contributed by atoms with Gasteiger partial charge in [0.2, 0.25) is 17.7 Å². The molecular weight excluding hydrogens is 352 g/mol. The van der Waals surface area contributed by atoms with E-state index in [-0.39, 0.29) is 24.3 Å². The molecule has 3 amide bonds. The molecule has 0 aromatic carbocycles. The summed E-state index contributed by atoms with van der Waals surface area (Å²) in [5.41, 5.74) is 5.95. The molecule has 1 saturated heterocycles. The monoisotopic (exact) mass is 384 g/mol. The number of hydrogen-bond donors (Lipinski definition) is 4. The quantitative estimate of drug-likeness (QED) is 0.430. The minimum atomic E-state index is -1.13. The van der Waals surface area contributed by atoms with Crippen LogP contribution in [0.25, 0.3) is 0 Å². The highest BCUT2D eigenvalue weighted by Crippen LogP contribution is 2.19. The highest BCUT2D eigenvalue weighted by Gasteiger charge is 2.36. The highest BCUT2D eigenvalue weighted by atomic mass is 16.4. The number of nitrogens with two attached hydrogens (primary N) is 1. The van der Waals surface area contributed by atoms with E-state index in [1.54, 1.807) is 13.8 Å². The number of aliphatic carboxylic acids is 1. The number of carboxylic acids is 1. The minimum Gasteiger partial charge on any atom is -0.480 e. The van der Waals surface area contributed by atoms with Crippen molar-refractivity contribution in [1.82, 2.24) is 15.5 Å². The van der Waals surface area contributed by atoms with E-state index in [1.807, 2.05) is 13.8 Å². The Kier molecular flexibility index (Phi) is 8.68. The third-order valence-electron chi connectivity index (χ3n) is 4.55. The van der Waals surface area contributed by atoms with E-state index in [4.69, 9.17) is 10.8 Å². The Morgan fingerprint density at radius 1 is 1.19 bits per heavy atom. The van der Waals surface area contributed by atoms with Gasteiger partial charge in [-0.05, 0) is 31.1 Å². The SMILES string of the molecule is CC(C)C[C@H](N)C(=O)N1CCC[C@@H]1C(=O)NCC(=O)N[C@H](C(=O)O)C(C)C. The van der Waals surface area contributed by atoms with Crippen molar-refractivity contribution in [3.05, 3.63) is 0 Å². The van der Waals surface area contributed by atoms with Gasteiger partial charge in [-0.15, -0.1) is 0 Å². The van der Waals surface area contributed by atoms with Crippen LogP contribution in [0.4, 0.5) is 0 Å². The Morgan fingerprint density at radius 2 is 1.81 bits per heavy atom. The summed E-state index contributed by atoms with van der Waals surface area (Å²) in [4.78, 5) is 49.5. The van der Waals surface area contributed by atoms with Crippen LogP contribution in [0.3, 0.4) is 0 Å². The van der Waals surface area contributed by atoms with Gasteiger partial charge in [-0.2, -0.15) is 0 Å². The molecule has 1 fully saturated rings. The zero-order chi connectivity index (χ0) is 20.7. The van der Waals surface area contributed by atoms with Crippen LogP contribution < -0.4 is 16.4 Å². The molecule has 0 aromatic rings. The molecule has 1 aliphatic heterocycles. The van der Waals surface area contributed by atoms with Crippen molar-refractivity contribution in [2.24, 2.45) is 17.6 Å². The third kappa shape index (κ3) is 6.82. The van der Waals surface area contributed by atoms with E-state index < -0.39 is 35.9 Å². The molecule has 0 radical (unpaired) electrons. The van der Waals surface area contributed by atoms with Crippen molar-refractivity contribution in [3.8, 4) is 0 Å². The van der Waals surface area contributed by atoms with E-state index in [0.717, 1.165) is 0 Å².